The fourth-order valence-electron chi connectivity index (χ4n) is 1.49. The Hall–Kier alpha value is -1.77. The second-order valence-corrected chi connectivity index (χ2v) is 6.30. The molecule has 0 radical (unpaired) electrons. The van der Waals surface area contributed by atoms with Gasteiger partial charge >= 0.3 is 0 Å². The van der Waals surface area contributed by atoms with E-state index in [2.05, 4.69) is 20.3 Å². The first-order chi connectivity index (χ1) is 10.4. The van der Waals surface area contributed by atoms with Crippen molar-refractivity contribution >= 4 is 58.5 Å². The summed E-state index contributed by atoms with van der Waals surface area (Å²) >= 11 is 13.1. The molecule has 2 aromatic rings. The Kier molecular flexibility index (Phi) is 5.28. The van der Waals surface area contributed by atoms with Crippen LogP contribution in [0.25, 0.3) is 0 Å². The molecule has 7 nitrogen and oxygen atoms in total. The van der Waals surface area contributed by atoms with Crippen LogP contribution in [0, 0.1) is 0 Å². The van der Waals surface area contributed by atoms with E-state index in [1.54, 1.807) is 25.1 Å². The van der Waals surface area contributed by atoms with E-state index >= 15 is 0 Å². The van der Waals surface area contributed by atoms with Crippen molar-refractivity contribution in [3.63, 3.8) is 0 Å². The third-order valence-corrected chi connectivity index (χ3v) is 4.10. The number of amides is 1. The zero-order valence-electron chi connectivity index (χ0n) is 11.4. The van der Waals surface area contributed by atoms with Gasteiger partial charge in [0.2, 0.25) is 17.8 Å². The first kappa shape index (κ1) is 16.6. The predicted molar refractivity (Wildman–Crippen MR) is 89.1 cm³/mol. The summed E-state index contributed by atoms with van der Waals surface area (Å²) in [5, 5.41) is 3.12. The standard InChI is InChI=1S/C12H12Cl2N6OS/c1-5(22-12-19-10(15)18-11(16)20-12)9(21)17-8-6(13)3-2-4-7(8)14/h2-5H,1H3,(H,17,21)(H4,15,16,18,19,20)/t5-/m0/s1. The largest absolute Gasteiger partial charge is 0.368 e. The number of nitrogen functional groups attached to an aromatic ring is 2. The number of aromatic nitrogens is 3. The van der Waals surface area contributed by atoms with Crippen LogP contribution in [0.3, 0.4) is 0 Å². The Morgan fingerprint density at radius 1 is 1.18 bits per heavy atom. The highest BCUT2D eigenvalue weighted by Crippen LogP contribution is 2.31. The van der Waals surface area contributed by atoms with Gasteiger partial charge in [-0.1, -0.05) is 41.0 Å². The van der Waals surface area contributed by atoms with E-state index in [0.717, 1.165) is 11.8 Å². The molecular formula is C12H12Cl2N6OS. The summed E-state index contributed by atoms with van der Waals surface area (Å²) in [6.45, 7) is 1.68. The van der Waals surface area contributed by atoms with E-state index in [1.165, 1.54) is 0 Å². The number of carbonyl (C=O) groups excluding carboxylic acids is 1. The molecule has 1 atom stereocenters. The predicted octanol–water partition coefficient (Wildman–Crippen LogP) is 2.46. The second-order valence-electron chi connectivity index (χ2n) is 4.18. The highest BCUT2D eigenvalue weighted by Gasteiger charge is 2.19. The van der Waals surface area contributed by atoms with Crippen LogP contribution in [0.1, 0.15) is 6.92 Å². The molecule has 5 N–H and O–H groups in total. The molecule has 0 unspecified atom stereocenters. The van der Waals surface area contributed by atoms with Crippen LogP contribution in [0.2, 0.25) is 10.0 Å². The van der Waals surface area contributed by atoms with E-state index in [-0.39, 0.29) is 23.0 Å². The minimum atomic E-state index is -0.520. The normalized spacial score (nSPS) is 12.0. The number of nitrogens with zero attached hydrogens (tertiary/aromatic N) is 3. The molecule has 1 heterocycles. The van der Waals surface area contributed by atoms with Crippen molar-refractivity contribution < 1.29 is 4.79 Å². The van der Waals surface area contributed by atoms with Crippen molar-refractivity contribution in [3.8, 4) is 0 Å². The molecule has 2 rings (SSSR count). The maximum Gasteiger partial charge on any atom is 0.237 e. The number of nitrogens with one attached hydrogen (secondary N) is 1. The molecule has 0 saturated heterocycles. The lowest BCUT2D eigenvalue weighted by atomic mass is 10.3. The first-order valence-electron chi connectivity index (χ1n) is 6.05. The SMILES string of the molecule is C[C@H](Sc1nc(N)nc(N)n1)C(=O)Nc1c(Cl)cccc1Cl. The van der Waals surface area contributed by atoms with E-state index in [9.17, 15) is 4.79 Å². The van der Waals surface area contributed by atoms with Crippen LogP contribution in [0.5, 0.6) is 0 Å². The summed E-state index contributed by atoms with van der Waals surface area (Å²) in [7, 11) is 0. The Balaban J connectivity index is 2.09. The minimum Gasteiger partial charge on any atom is -0.368 e. The molecule has 22 heavy (non-hydrogen) atoms. The van der Waals surface area contributed by atoms with Gasteiger partial charge in [0.15, 0.2) is 5.16 Å². The van der Waals surface area contributed by atoms with E-state index < -0.39 is 5.25 Å². The first-order valence-corrected chi connectivity index (χ1v) is 7.69. The van der Waals surface area contributed by atoms with Crippen LogP contribution >= 0.6 is 35.0 Å². The molecule has 0 bridgehead atoms. The van der Waals surface area contributed by atoms with E-state index in [4.69, 9.17) is 34.7 Å². The number of anilines is 3. The lowest BCUT2D eigenvalue weighted by Crippen LogP contribution is -2.23. The molecule has 116 valence electrons. The average molecular weight is 359 g/mol. The fourth-order valence-corrected chi connectivity index (χ4v) is 2.76. The molecule has 1 amide bonds. The Morgan fingerprint density at radius 3 is 2.27 bits per heavy atom. The second kappa shape index (κ2) is 6.99. The zero-order valence-corrected chi connectivity index (χ0v) is 13.7. The molecule has 0 aliphatic rings. The Labute approximate surface area is 140 Å². The van der Waals surface area contributed by atoms with Crippen LogP contribution < -0.4 is 16.8 Å². The number of para-hydroxylation sites is 1. The van der Waals surface area contributed by atoms with Gasteiger partial charge in [0.05, 0.1) is 21.0 Å². The third-order valence-electron chi connectivity index (χ3n) is 2.51. The maximum absolute atomic E-state index is 12.2. The quantitative estimate of drug-likeness (QED) is 0.717. The highest BCUT2D eigenvalue weighted by atomic mass is 35.5. The average Bonchev–Trinajstić information content (AvgIpc) is 2.41. The third kappa shape index (κ3) is 4.12. The number of nitrogens with two attached hydrogens (primary N) is 2. The number of halogens is 2. The van der Waals surface area contributed by atoms with Gasteiger partial charge in [-0.15, -0.1) is 0 Å². The van der Waals surface area contributed by atoms with E-state index in [0.29, 0.717) is 15.7 Å². The van der Waals surface area contributed by atoms with Gasteiger partial charge in [-0.25, -0.2) is 0 Å². The summed E-state index contributed by atoms with van der Waals surface area (Å²) in [6.07, 6.45) is 0. The summed E-state index contributed by atoms with van der Waals surface area (Å²) in [6, 6.07) is 4.96. The molecule has 0 spiro atoms. The monoisotopic (exact) mass is 358 g/mol. The minimum absolute atomic E-state index is 0.00300. The number of hydrogen-bond acceptors (Lipinski definition) is 7. The van der Waals surface area contributed by atoms with Gasteiger partial charge < -0.3 is 16.8 Å². The van der Waals surface area contributed by atoms with Crippen LogP contribution in [-0.4, -0.2) is 26.1 Å². The van der Waals surface area contributed by atoms with Gasteiger partial charge in [-0.2, -0.15) is 15.0 Å². The number of rotatable bonds is 4. The van der Waals surface area contributed by atoms with Gasteiger partial charge in [0.25, 0.3) is 0 Å². The van der Waals surface area contributed by atoms with Crippen LogP contribution in [-0.2, 0) is 4.79 Å². The zero-order chi connectivity index (χ0) is 16.3. The molecule has 1 aromatic heterocycles. The summed E-state index contributed by atoms with van der Waals surface area (Å²) in [4.78, 5) is 23.7. The van der Waals surface area contributed by atoms with Crippen molar-refractivity contribution in [1.29, 1.82) is 0 Å². The molecule has 0 fully saturated rings. The van der Waals surface area contributed by atoms with Crippen molar-refractivity contribution in [2.75, 3.05) is 16.8 Å². The molecule has 0 aliphatic carbocycles. The Bertz CT molecular complexity index is 674. The lowest BCUT2D eigenvalue weighted by molar-refractivity contribution is -0.115. The molecule has 0 saturated carbocycles. The van der Waals surface area contributed by atoms with Crippen molar-refractivity contribution in [2.45, 2.75) is 17.3 Å². The lowest BCUT2D eigenvalue weighted by Gasteiger charge is -2.13. The highest BCUT2D eigenvalue weighted by molar-refractivity contribution is 8.00. The topological polar surface area (TPSA) is 120 Å². The fraction of sp³-hybridized carbons (Fsp3) is 0.167. The van der Waals surface area contributed by atoms with Gasteiger partial charge in [-0.3, -0.25) is 4.79 Å². The number of thioether (sulfide) groups is 1. The van der Waals surface area contributed by atoms with Gasteiger partial charge in [-0.05, 0) is 19.1 Å². The molecule has 10 heteroatoms. The molecular weight excluding hydrogens is 347 g/mol. The van der Waals surface area contributed by atoms with Crippen molar-refractivity contribution in [3.05, 3.63) is 28.2 Å². The van der Waals surface area contributed by atoms with Crippen LogP contribution in [0.15, 0.2) is 23.4 Å². The molecule has 1 aromatic carbocycles. The smallest absolute Gasteiger partial charge is 0.237 e. The molecule has 0 aliphatic heterocycles. The summed E-state index contributed by atoms with van der Waals surface area (Å²) in [5.41, 5.74) is 11.3. The van der Waals surface area contributed by atoms with Crippen molar-refractivity contribution in [1.82, 2.24) is 15.0 Å². The maximum atomic E-state index is 12.2. The Morgan fingerprint density at radius 2 is 1.73 bits per heavy atom. The number of carbonyl (C=O) groups is 1. The number of benzene rings is 1. The summed E-state index contributed by atoms with van der Waals surface area (Å²) < 4.78 is 0. The van der Waals surface area contributed by atoms with Gasteiger partial charge in [0, 0.05) is 0 Å². The van der Waals surface area contributed by atoms with Gasteiger partial charge in [0.1, 0.15) is 0 Å². The number of hydrogen-bond donors (Lipinski definition) is 3. The summed E-state index contributed by atoms with van der Waals surface area (Å²) in [5.74, 6) is -0.314. The van der Waals surface area contributed by atoms with E-state index in [1.807, 2.05) is 0 Å². The van der Waals surface area contributed by atoms with Crippen LogP contribution in [0.4, 0.5) is 17.6 Å². The van der Waals surface area contributed by atoms with Crippen molar-refractivity contribution in [2.24, 2.45) is 0 Å².